The zero-order chi connectivity index (χ0) is 12.8. The minimum Gasteiger partial charge on any atom is -0.497 e. The lowest BCUT2D eigenvalue weighted by atomic mass is 9.78. The number of ether oxygens (including phenoxy) is 1. The van der Waals surface area contributed by atoms with Crippen molar-refractivity contribution < 1.29 is 4.74 Å². The molecule has 4 aliphatic heterocycles. The van der Waals surface area contributed by atoms with Crippen LogP contribution >= 0.6 is 0 Å². The minimum absolute atomic E-state index is 0.285. The van der Waals surface area contributed by atoms with Crippen LogP contribution in [0.2, 0.25) is 0 Å². The van der Waals surface area contributed by atoms with Crippen molar-refractivity contribution in [1.29, 1.82) is 0 Å². The Balaban J connectivity index is 1.67. The summed E-state index contributed by atoms with van der Waals surface area (Å²) >= 11 is 0. The number of benzene rings is 1. The van der Waals surface area contributed by atoms with E-state index in [0.29, 0.717) is 12.0 Å². The summed E-state index contributed by atoms with van der Waals surface area (Å²) in [5.74, 6) is 1.63. The van der Waals surface area contributed by atoms with Gasteiger partial charge < -0.3 is 10.2 Å². The summed E-state index contributed by atoms with van der Waals surface area (Å²) in [5.41, 5.74) is 6.01. The van der Waals surface area contributed by atoms with Crippen LogP contribution in [0.3, 0.4) is 0 Å². The first-order valence-corrected chi connectivity index (χ1v) is 7.08. The second-order valence-corrected chi connectivity index (χ2v) is 5.68. The van der Waals surface area contributed by atoms with Gasteiger partial charge in [0.05, 0.1) is 24.9 Å². The summed E-state index contributed by atoms with van der Waals surface area (Å²) in [7, 11) is 1.72. The van der Waals surface area contributed by atoms with Crippen LogP contribution < -0.4 is 10.2 Å². The van der Waals surface area contributed by atoms with Crippen LogP contribution in [0.1, 0.15) is 24.4 Å². The average molecular weight is 257 g/mol. The molecule has 0 aromatic heterocycles. The van der Waals surface area contributed by atoms with Crippen molar-refractivity contribution in [2.24, 2.45) is 11.0 Å². The van der Waals surface area contributed by atoms with E-state index in [1.54, 1.807) is 7.11 Å². The van der Waals surface area contributed by atoms with Crippen molar-refractivity contribution in [3.8, 4) is 5.75 Å². The summed E-state index contributed by atoms with van der Waals surface area (Å²) in [6, 6.07) is 9.09. The molecule has 19 heavy (non-hydrogen) atoms. The average Bonchev–Trinajstić information content (AvgIpc) is 2.95. The first kappa shape index (κ1) is 11.3. The molecular weight excluding hydrogens is 238 g/mol. The highest BCUT2D eigenvalue weighted by atomic mass is 16.5. The Morgan fingerprint density at radius 1 is 1.32 bits per heavy atom. The smallest absolute Gasteiger partial charge is 0.119 e. The van der Waals surface area contributed by atoms with Gasteiger partial charge in [0.25, 0.3) is 0 Å². The predicted octanol–water partition coefficient (Wildman–Crippen LogP) is 1.79. The number of nitrogens with one attached hydrogen (secondary N) is 1. The van der Waals surface area contributed by atoms with Crippen molar-refractivity contribution >= 4 is 5.71 Å². The van der Waals surface area contributed by atoms with Gasteiger partial charge in [0.2, 0.25) is 0 Å². The molecule has 0 aliphatic carbocycles. The predicted molar refractivity (Wildman–Crippen MR) is 74.4 cm³/mol. The van der Waals surface area contributed by atoms with Gasteiger partial charge in [0.15, 0.2) is 0 Å². The molecule has 100 valence electrons. The van der Waals surface area contributed by atoms with Crippen LogP contribution in [0.5, 0.6) is 5.75 Å². The fourth-order valence-corrected chi connectivity index (χ4v) is 3.75. The van der Waals surface area contributed by atoms with Crippen LogP contribution in [0, 0.1) is 5.92 Å². The van der Waals surface area contributed by atoms with Gasteiger partial charge in [-0.2, -0.15) is 5.10 Å². The van der Waals surface area contributed by atoms with Gasteiger partial charge in [-0.05, 0) is 43.6 Å². The van der Waals surface area contributed by atoms with Gasteiger partial charge in [-0.1, -0.05) is 12.1 Å². The quantitative estimate of drug-likeness (QED) is 0.877. The fraction of sp³-hybridized carbons (Fsp3) is 0.533. The Labute approximate surface area is 113 Å². The highest BCUT2D eigenvalue weighted by Gasteiger charge is 2.46. The molecule has 0 spiro atoms. The van der Waals surface area contributed by atoms with Gasteiger partial charge in [-0.3, -0.25) is 4.90 Å². The Bertz CT molecular complexity index is 520. The maximum atomic E-state index is 5.33. The molecular formula is C15H19N3O. The Hall–Kier alpha value is -1.55. The number of fused-ring (bicyclic) bond motifs is 2. The number of nitrogens with zero attached hydrogens (tertiary/aromatic N) is 2. The van der Waals surface area contributed by atoms with Crippen molar-refractivity contribution in [2.75, 3.05) is 20.2 Å². The summed E-state index contributed by atoms with van der Waals surface area (Å²) in [5, 5.41) is 4.64. The van der Waals surface area contributed by atoms with E-state index >= 15 is 0 Å². The summed E-state index contributed by atoms with van der Waals surface area (Å²) in [4.78, 5) is 2.59. The van der Waals surface area contributed by atoms with E-state index in [1.165, 1.54) is 37.2 Å². The lowest BCUT2D eigenvalue weighted by Gasteiger charge is -2.45. The molecule has 2 unspecified atom stereocenters. The first-order valence-electron chi connectivity index (χ1n) is 7.08. The molecule has 1 N–H and O–H groups in total. The standard InChI is InChI=1S/C15H19N3O/c1-19-12-4-2-3-11(9-12)14-15-13(16-17-14)10-5-7-18(15)8-6-10/h2-4,9-10,14-15,17H,5-8H2,1H3. The van der Waals surface area contributed by atoms with Crippen molar-refractivity contribution in [3.05, 3.63) is 29.8 Å². The van der Waals surface area contributed by atoms with Crippen molar-refractivity contribution in [2.45, 2.75) is 24.9 Å². The molecule has 4 nitrogen and oxygen atoms in total. The number of hydrogen-bond acceptors (Lipinski definition) is 4. The zero-order valence-corrected chi connectivity index (χ0v) is 11.2. The second-order valence-electron chi connectivity index (χ2n) is 5.68. The van der Waals surface area contributed by atoms with Crippen LogP contribution in [0.25, 0.3) is 0 Å². The first-order chi connectivity index (χ1) is 9.36. The van der Waals surface area contributed by atoms with Crippen LogP contribution in [-0.2, 0) is 0 Å². The number of rotatable bonds is 2. The van der Waals surface area contributed by atoms with Crippen LogP contribution in [0.15, 0.2) is 29.4 Å². The van der Waals surface area contributed by atoms with Crippen molar-refractivity contribution in [1.82, 2.24) is 10.3 Å². The maximum Gasteiger partial charge on any atom is 0.119 e. The topological polar surface area (TPSA) is 36.9 Å². The zero-order valence-electron chi connectivity index (χ0n) is 11.2. The highest BCUT2D eigenvalue weighted by Crippen LogP contribution is 2.39. The van der Waals surface area contributed by atoms with E-state index in [1.807, 2.05) is 6.07 Å². The number of methoxy groups -OCH3 is 1. The maximum absolute atomic E-state index is 5.33. The van der Waals surface area contributed by atoms with Gasteiger partial charge in [-0.25, -0.2) is 0 Å². The largest absolute Gasteiger partial charge is 0.497 e. The van der Waals surface area contributed by atoms with Gasteiger partial charge in [-0.15, -0.1) is 0 Å². The van der Waals surface area contributed by atoms with E-state index in [2.05, 4.69) is 33.6 Å². The number of piperidine rings is 3. The van der Waals surface area contributed by atoms with Gasteiger partial charge in [0.1, 0.15) is 5.75 Å². The molecule has 0 saturated carbocycles. The normalized spacial score (nSPS) is 35.5. The lowest BCUT2D eigenvalue weighted by molar-refractivity contribution is 0.133. The van der Waals surface area contributed by atoms with Gasteiger partial charge >= 0.3 is 0 Å². The Morgan fingerprint density at radius 2 is 2.16 bits per heavy atom. The third-order valence-electron chi connectivity index (χ3n) is 4.75. The molecule has 3 saturated heterocycles. The molecule has 3 fully saturated rings. The molecule has 2 atom stereocenters. The molecule has 4 aliphatic rings. The molecule has 4 heteroatoms. The summed E-state index contributed by atoms with van der Waals surface area (Å²) in [6.45, 7) is 2.44. The van der Waals surface area contributed by atoms with E-state index in [-0.39, 0.29) is 6.04 Å². The molecule has 2 bridgehead atoms. The molecule has 1 aromatic carbocycles. The van der Waals surface area contributed by atoms with E-state index in [4.69, 9.17) is 4.74 Å². The van der Waals surface area contributed by atoms with E-state index < -0.39 is 0 Å². The number of hydrogen-bond donors (Lipinski definition) is 1. The highest BCUT2D eigenvalue weighted by molar-refractivity contribution is 5.95. The molecule has 1 aromatic rings. The molecule has 0 amide bonds. The van der Waals surface area contributed by atoms with E-state index in [9.17, 15) is 0 Å². The SMILES string of the molecule is COc1cccc(C2NN=C3C4CCN(CC4)C32)c1. The van der Waals surface area contributed by atoms with Crippen LogP contribution in [-0.4, -0.2) is 36.9 Å². The van der Waals surface area contributed by atoms with E-state index in [0.717, 1.165) is 5.75 Å². The third kappa shape index (κ3) is 1.66. The third-order valence-corrected chi connectivity index (χ3v) is 4.75. The second kappa shape index (κ2) is 4.23. The summed E-state index contributed by atoms with van der Waals surface area (Å²) in [6.07, 6.45) is 2.56. The molecule has 4 heterocycles. The van der Waals surface area contributed by atoms with Crippen molar-refractivity contribution in [3.63, 3.8) is 0 Å². The minimum atomic E-state index is 0.285. The van der Waals surface area contributed by atoms with Gasteiger partial charge in [0, 0.05) is 5.92 Å². The fourth-order valence-electron chi connectivity index (χ4n) is 3.75. The van der Waals surface area contributed by atoms with Crippen LogP contribution in [0.4, 0.5) is 0 Å². The Kier molecular flexibility index (Phi) is 2.52. The lowest BCUT2D eigenvalue weighted by Crippen LogP contribution is -2.56. The Morgan fingerprint density at radius 3 is 2.95 bits per heavy atom. The monoisotopic (exact) mass is 257 g/mol. The number of hydrazone groups is 1. The molecule has 0 radical (unpaired) electrons. The summed E-state index contributed by atoms with van der Waals surface area (Å²) < 4.78 is 5.33. The molecule has 5 rings (SSSR count).